The Kier molecular flexibility index (Phi) is 6.96. The molecule has 25 heavy (non-hydrogen) atoms. The minimum Gasteiger partial charge on any atom is -0.469 e. The van der Waals surface area contributed by atoms with Crippen molar-refractivity contribution >= 4 is 33.1 Å². The molecular formula is C20H25BrN2OS. The van der Waals surface area contributed by atoms with E-state index in [4.69, 9.17) is 17.0 Å². The minimum atomic E-state index is -0.0671. The molecule has 0 aliphatic heterocycles. The molecule has 5 heteroatoms. The zero-order chi connectivity index (χ0) is 18.6. The van der Waals surface area contributed by atoms with Gasteiger partial charge in [0.2, 0.25) is 5.88 Å². The molecule has 0 saturated heterocycles. The molecule has 0 N–H and O–H groups in total. The molecule has 0 aliphatic rings. The van der Waals surface area contributed by atoms with Gasteiger partial charge in [0.05, 0.1) is 9.46 Å². The van der Waals surface area contributed by atoms with Gasteiger partial charge in [-0.2, -0.15) is 0 Å². The first kappa shape index (κ1) is 19.9. The van der Waals surface area contributed by atoms with Crippen molar-refractivity contribution in [1.29, 1.82) is 0 Å². The van der Waals surface area contributed by atoms with Gasteiger partial charge in [0.1, 0.15) is 6.10 Å². The first-order valence-electron chi connectivity index (χ1n) is 8.45. The van der Waals surface area contributed by atoms with Crippen molar-refractivity contribution in [2.75, 3.05) is 13.6 Å². The third kappa shape index (κ3) is 5.02. The van der Waals surface area contributed by atoms with E-state index in [1.165, 1.54) is 11.1 Å². The van der Waals surface area contributed by atoms with Crippen molar-refractivity contribution < 1.29 is 4.74 Å². The molecule has 0 bridgehead atoms. The molecule has 0 amide bonds. The Morgan fingerprint density at radius 3 is 2.64 bits per heavy atom. The van der Waals surface area contributed by atoms with E-state index in [0.717, 1.165) is 27.3 Å². The molecule has 0 radical (unpaired) electrons. The van der Waals surface area contributed by atoms with E-state index < -0.39 is 0 Å². The maximum Gasteiger partial charge on any atom is 0.228 e. The number of hydrogen-bond acceptors (Lipinski definition) is 3. The van der Waals surface area contributed by atoms with Crippen LogP contribution in [0.4, 0.5) is 0 Å². The summed E-state index contributed by atoms with van der Waals surface area (Å²) in [5.74, 6) is 0.617. The predicted molar refractivity (Wildman–Crippen MR) is 112 cm³/mol. The fourth-order valence-electron chi connectivity index (χ4n) is 2.61. The number of aromatic nitrogens is 1. The molecule has 1 aromatic heterocycles. The summed E-state index contributed by atoms with van der Waals surface area (Å²) in [5.41, 5.74) is 4.45. The van der Waals surface area contributed by atoms with Crippen molar-refractivity contribution in [2.45, 2.75) is 40.2 Å². The van der Waals surface area contributed by atoms with Gasteiger partial charge in [-0.05, 0) is 66.4 Å². The number of rotatable bonds is 6. The van der Waals surface area contributed by atoms with Crippen LogP contribution in [0.25, 0.3) is 0 Å². The third-order valence-corrected chi connectivity index (χ3v) is 5.42. The van der Waals surface area contributed by atoms with Gasteiger partial charge in [-0.25, -0.2) is 4.98 Å². The molecule has 0 fully saturated rings. The van der Waals surface area contributed by atoms with Gasteiger partial charge in [0.25, 0.3) is 0 Å². The Balaban J connectivity index is 2.19. The van der Waals surface area contributed by atoms with E-state index in [-0.39, 0.29) is 6.10 Å². The van der Waals surface area contributed by atoms with Crippen LogP contribution < -0.4 is 4.74 Å². The number of nitrogens with zero attached hydrogens (tertiary/aromatic N) is 2. The average molecular weight is 421 g/mol. The SMILES string of the molecule is CCN(C)C(=S)Cc1cc(Br)c(OC(C)c2ccccc2C)nc1C. The highest BCUT2D eigenvalue weighted by Gasteiger charge is 2.16. The lowest BCUT2D eigenvalue weighted by molar-refractivity contribution is 0.214. The Morgan fingerprint density at radius 1 is 1.32 bits per heavy atom. The minimum absolute atomic E-state index is 0.0671. The number of ether oxygens (including phenoxy) is 1. The quantitative estimate of drug-likeness (QED) is 0.582. The van der Waals surface area contributed by atoms with Crippen LogP contribution in [0.1, 0.15) is 42.3 Å². The monoisotopic (exact) mass is 420 g/mol. The highest BCUT2D eigenvalue weighted by molar-refractivity contribution is 9.10. The van der Waals surface area contributed by atoms with Crippen LogP contribution >= 0.6 is 28.1 Å². The summed E-state index contributed by atoms with van der Waals surface area (Å²) in [6.07, 6.45) is 0.646. The topological polar surface area (TPSA) is 25.4 Å². The van der Waals surface area contributed by atoms with Gasteiger partial charge in [0, 0.05) is 25.7 Å². The molecular weight excluding hydrogens is 396 g/mol. The zero-order valence-electron chi connectivity index (χ0n) is 15.5. The van der Waals surface area contributed by atoms with Crippen LogP contribution in [-0.4, -0.2) is 28.5 Å². The Morgan fingerprint density at radius 2 is 2.00 bits per heavy atom. The molecule has 1 atom stereocenters. The van der Waals surface area contributed by atoms with Gasteiger partial charge in [-0.1, -0.05) is 36.5 Å². The number of benzene rings is 1. The summed E-state index contributed by atoms with van der Waals surface area (Å²) in [4.78, 5) is 7.65. The van der Waals surface area contributed by atoms with E-state index in [2.05, 4.69) is 57.9 Å². The first-order valence-corrected chi connectivity index (χ1v) is 9.65. The fourth-order valence-corrected chi connectivity index (χ4v) is 3.35. The molecule has 0 spiro atoms. The molecule has 1 unspecified atom stereocenters. The van der Waals surface area contributed by atoms with Crippen molar-refractivity contribution in [1.82, 2.24) is 9.88 Å². The van der Waals surface area contributed by atoms with Gasteiger partial charge in [0.15, 0.2) is 0 Å². The Labute approximate surface area is 164 Å². The predicted octanol–water partition coefficient (Wildman–Crippen LogP) is 5.42. The lowest BCUT2D eigenvalue weighted by Gasteiger charge is -2.20. The van der Waals surface area contributed by atoms with Crippen molar-refractivity contribution in [3.63, 3.8) is 0 Å². The number of thiocarbonyl (C=S) groups is 1. The highest BCUT2D eigenvalue weighted by Crippen LogP contribution is 2.30. The summed E-state index contributed by atoms with van der Waals surface area (Å²) >= 11 is 9.09. The molecule has 2 rings (SSSR count). The fraction of sp³-hybridized carbons (Fsp3) is 0.400. The molecule has 0 aliphatic carbocycles. The number of hydrogen-bond donors (Lipinski definition) is 0. The molecule has 0 saturated carbocycles. The molecule has 134 valence electrons. The number of halogens is 1. The molecule has 2 aromatic rings. The largest absolute Gasteiger partial charge is 0.469 e. The molecule has 3 nitrogen and oxygen atoms in total. The van der Waals surface area contributed by atoms with Gasteiger partial charge >= 0.3 is 0 Å². The maximum absolute atomic E-state index is 6.12. The summed E-state index contributed by atoms with van der Waals surface area (Å²) in [5, 5.41) is 0. The van der Waals surface area contributed by atoms with E-state index in [0.29, 0.717) is 12.3 Å². The summed E-state index contributed by atoms with van der Waals surface area (Å²) < 4.78 is 6.98. The van der Waals surface area contributed by atoms with Crippen molar-refractivity contribution in [2.24, 2.45) is 0 Å². The number of likely N-dealkylation sites (N-methyl/N-ethyl adjacent to an activating group) is 1. The second-order valence-electron chi connectivity index (χ2n) is 6.22. The van der Waals surface area contributed by atoms with Crippen LogP contribution in [0.3, 0.4) is 0 Å². The van der Waals surface area contributed by atoms with Crippen molar-refractivity contribution in [3.05, 3.63) is 57.2 Å². The van der Waals surface area contributed by atoms with Gasteiger partial charge < -0.3 is 9.64 Å². The smallest absolute Gasteiger partial charge is 0.228 e. The normalized spacial score (nSPS) is 11.9. The van der Waals surface area contributed by atoms with Crippen molar-refractivity contribution in [3.8, 4) is 5.88 Å². The van der Waals surface area contributed by atoms with E-state index in [9.17, 15) is 0 Å². The third-order valence-electron chi connectivity index (χ3n) is 4.40. The Hall–Kier alpha value is -1.46. The van der Waals surface area contributed by atoms with E-state index in [1.807, 2.05) is 33.0 Å². The summed E-state index contributed by atoms with van der Waals surface area (Å²) in [6.45, 7) is 9.14. The van der Waals surface area contributed by atoms with Gasteiger partial charge in [-0.15, -0.1) is 0 Å². The lowest BCUT2D eigenvalue weighted by Crippen LogP contribution is -2.26. The first-order chi connectivity index (χ1) is 11.8. The Bertz CT molecular complexity index is 763. The van der Waals surface area contributed by atoms with Crippen LogP contribution in [-0.2, 0) is 6.42 Å². The molecule has 1 heterocycles. The lowest BCUT2D eigenvalue weighted by atomic mass is 10.0. The van der Waals surface area contributed by atoms with Gasteiger partial charge in [-0.3, -0.25) is 0 Å². The standard InChI is InChI=1S/C20H25BrN2OS/c1-6-23(5)19(25)12-16-11-18(21)20(22-14(16)3)24-15(4)17-10-8-7-9-13(17)2/h7-11,15H,6,12H2,1-5H3. The second-order valence-corrected chi connectivity index (χ2v) is 7.55. The number of pyridine rings is 1. The summed E-state index contributed by atoms with van der Waals surface area (Å²) in [6, 6.07) is 10.3. The second kappa shape index (κ2) is 8.77. The average Bonchev–Trinajstić information content (AvgIpc) is 2.58. The molecule has 1 aromatic carbocycles. The van der Waals surface area contributed by atoms with Crippen LogP contribution in [0.5, 0.6) is 5.88 Å². The summed E-state index contributed by atoms with van der Waals surface area (Å²) in [7, 11) is 2.02. The van der Waals surface area contributed by atoms with Crippen LogP contribution in [0.15, 0.2) is 34.8 Å². The van der Waals surface area contributed by atoms with Crippen LogP contribution in [0.2, 0.25) is 0 Å². The van der Waals surface area contributed by atoms with E-state index >= 15 is 0 Å². The number of aryl methyl sites for hydroxylation is 2. The van der Waals surface area contributed by atoms with Crippen LogP contribution in [0, 0.1) is 13.8 Å². The van der Waals surface area contributed by atoms with E-state index in [1.54, 1.807) is 0 Å². The highest BCUT2D eigenvalue weighted by atomic mass is 79.9. The maximum atomic E-state index is 6.12. The zero-order valence-corrected chi connectivity index (χ0v) is 17.9.